The quantitative estimate of drug-likeness (QED) is 0.0608. The zero-order valence-electron chi connectivity index (χ0n) is 34.9. The molecule has 10 atom stereocenters. The second-order valence-electron chi connectivity index (χ2n) is 14.9. The second-order valence-corrected chi connectivity index (χ2v) is 14.9. The summed E-state index contributed by atoms with van der Waals surface area (Å²) in [5.74, 6) is -3.32. The summed E-state index contributed by atoms with van der Waals surface area (Å²) in [5, 5.41) is 11.8. The van der Waals surface area contributed by atoms with E-state index in [1.165, 1.54) is 42.5 Å². The fourth-order valence-corrected chi connectivity index (χ4v) is 7.23. The van der Waals surface area contributed by atoms with Crippen molar-refractivity contribution >= 4 is 23.9 Å². The van der Waals surface area contributed by atoms with Gasteiger partial charge in [0.2, 0.25) is 0 Å². The monoisotopic (exact) mass is 872 g/mol. The van der Waals surface area contributed by atoms with Gasteiger partial charge < -0.3 is 47.7 Å². The number of hydrogen-bond acceptors (Lipinski definition) is 14. The van der Waals surface area contributed by atoms with Crippen LogP contribution in [0.1, 0.15) is 53.9 Å². The molecule has 0 amide bonds. The highest BCUT2D eigenvalue weighted by molar-refractivity contribution is 5.91. The first-order valence-corrected chi connectivity index (χ1v) is 20.7. The molecule has 0 aromatic heterocycles. The van der Waals surface area contributed by atoms with E-state index in [0.717, 1.165) is 5.56 Å². The average molecular weight is 873 g/mol. The fraction of sp³-hybridized carbons (Fsp3) is 0.280. The number of carbonyl (C=O) groups excluding carboxylic acids is 4. The maximum absolute atomic E-state index is 14.1. The Morgan fingerprint density at radius 1 is 0.547 bits per heavy atom. The molecular weight excluding hydrogens is 825 g/mol. The van der Waals surface area contributed by atoms with Crippen LogP contribution in [-0.4, -0.2) is 104 Å². The summed E-state index contributed by atoms with van der Waals surface area (Å²) in [7, 11) is 0. The molecule has 0 radical (unpaired) electrons. The van der Waals surface area contributed by atoms with Gasteiger partial charge in [-0.1, -0.05) is 109 Å². The molecule has 2 heterocycles. The molecule has 0 saturated carbocycles. The number of hydrogen-bond donors (Lipinski definition) is 1. The normalized spacial score (nSPS) is 25.3. The Kier molecular flexibility index (Phi) is 15.8. The van der Waals surface area contributed by atoms with Crippen molar-refractivity contribution in [3.63, 3.8) is 0 Å². The Balaban J connectivity index is 1.31. The number of carbonyl (C=O) groups is 4. The average Bonchev–Trinajstić information content (AvgIpc) is 3.34. The van der Waals surface area contributed by atoms with Gasteiger partial charge in [0.05, 0.1) is 41.6 Å². The Labute approximate surface area is 370 Å². The number of aliphatic hydroxyl groups excluding tert-OH is 1. The summed E-state index contributed by atoms with van der Waals surface area (Å²) in [4.78, 5) is 55.5. The third-order valence-electron chi connectivity index (χ3n) is 10.4. The van der Waals surface area contributed by atoms with Gasteiger partial charge in [0.15, 0.2) is 30.9 Å². The van der Waals surface area contributed by atoms with Gasteiger partial charge in [0.25, 0.3) is 0 Å². The zero-order valence-corrected chi connectivity index (χ0v) is 34.9. The topological polar surface area (TPSA) is 172 Å². The Morgan fingerprint density at radius 3 is 1.50 bits per heavy atom. The Hall–Kier alpha value is -6.52. The fourth-order valence-electron chi connectivity index (χ4n) is 7.23. The third-order valence-corrected chi connectivity index (χ3v) is 10.4. The van der Waals surface area contributed by atoms with Crippen LogP contribution in [0.25, 0.3) is 0 Å². The van der Waals surface area contributed by atoms with Gasteiger partial charge in [0, 0.05) is 0 Å². The van der Waals surface area contributed by atoms with E-state index < -0.39 is 91.9 Å². The Bertz CT molecular complexity index is 2280. The molecule has 2 fully saturated rings. The molecule has 2 aliphatic heterocycles. The highest BCUT2D eigenvalue weighted by Gasteiger charge is 2.56. The first kappa shape index (κ1) is 45.5. The first-order valence-electron chi connectivity index (χ1n) is 20.7. The van der Waals surface area contributed by atoms with Crippen molar-refractivity contribution in [1.82, 2.24) is 0 Å². The lowest BCUT2D eigenvalue weighted by Gasteiger charge is -2.48. The Morgan fingerprint density at radius 2 is 1.00 bits per heavy atom. The molecule has 64 heavy (non-hydrogen) atoms. The van der Waals surface area contributed by atoms with E-state index in [4.69, 9.17) is 42.6 Å². The van der Waals surface area contributed by atoms with Crippen molar-refractivity contribution in [3.05, 3.63) is 192 Å². The summed E-state index contributed by atoms with van der Waals surface area (Å²) >= 11 is 0. The van der Waals surface area contributed by atoms with Crippen LogP contribution in [0.2, 0.25) is 0 Å². The van der Waals surface area contributed by atoms with E-state index in [1.807, 2.05) is 30.3 Å². The van der Waals surface area contributed by atoms with E-state index in [9.17, 15) is 24.3 Å². The molecule has 2 saturated heterocycles. The lowest BCUT2D eigenvalue weighted by Crippen LogP contribution is -2.66. The van der Waals surface area contributed by atoms with Crippen LogP contribution < -0.4 is 0 Å². The van der Waals surface area contributed by atoms with Crippen LogP contribution in [-0.2, 0) is 49.2 Å². The standard InChI is InChI=1S/C50H48O14/c1-3-29-56-49-39(51)42(57-30-33-19-9-4-10-20-33)40(32(2)59-49)64-50-44(63-48(55)37-27-17-8-18-28-37)43(62-47(54)36-25-15-7-16-26-36)41(61-46(53)35-23-13-6-14-24-35)38(60-50)31-58-45(52)34-21-11-5-12-22-34/h3-28,32,38-44,49-51H,1,29-31H2,2H3/t32-,38+,39+,40-,41-,42-,43-,44+,49+,50-/m0/s1. The molecule has 0 bridgehead atoms. The van der Waals surface area contributed by atoms with Crippen LogP contribution in [0.5, 0.6) is 0 Å². The van der Waals surface area contributed by atoms with Crippen LogP contribution in [0.4, 0.5) is 0 Å². The van der Waals surface area contributed by atoms with Crippen molar-refractivity contribution in [2.75, 3.05) is 13.2 Å². The van der Waals surface area contributed by atoms with Gasteiger partial charge >= 0.3 is 23.9 Å². The number of aliphatic hydroxyl groups is 1. The van der Waals surface area contributed by atoms with Gasteiger partial charge in [-0.15, -0.1) is 6.58 Å². The number of esters is 4. The highest BCUT2D eigenvalue weighted by Crippen LogP contribution is 2.36. The van der Waals surface area contributed by atoms with Crippen molar-refractivity contribution in [1.29, 1.82) is 0 Å². The molecule has 0 aliphatic carbocycles. The molecule has 14 nitrogen and oxygen atoms in total. The van der Waals surface area contributed by atoms with E-state index in [-0.39, 0.29) is 35.5 Å². The molecule has 7 rings (SSSR count). The predicted octanol–water partition coefficient (Wildman–Crippen LogP) is 6.52. The lowest BCUT2D eigenvalue weighted by molar-refractivity contribution is -0.357. The van der Waals surface area contributed by atoms with E-state index in [1.54, 1.807) is 91.9 Å². The minimum atomic E-state index is -1.69. The molecule has 0 unspecified atom stereocenters. The summed E-state index contributed by atoms with van der Waals surface area (Å²) in [5.41, 5.74) is 1.40. The van der Waals surface area contributed by atoms with Gasteiger partial charge in [-0.05, 0) is 61.0 Å². The largest absolute Gasteiger partial charge is 0.459 e. The minimum Gasteiger partial charge on any atom is -0.459 e. The maximum atomic E-state index is 14.1. The molecule has 1 N–H and O–H groups in total. The van der Waals surface area contributed by atoms with Crippen molar-refractivity contribution in [2.45, 2.75) is 74.9 Å². The molecule has 5 aromatic carbocycles. The summed E-state index contributed by atoms with van der Waals surface area (Å²) in [6, 6.07) is 41.5. The van der Waals surface area contributed by atoms with Crippen LogP contribution in [0.15, 0.2) is 164 Å². The SMILES string of the molecule is C=CCO[C@@H]1O[C@@H](C)[C@H](O[C@@H]2O[C@H](COC(=O)c3ccccc3)[C@H](OC(=O)c3ccccc3)[C@H](OC(=O)c3ccccc3)[C@H]2OC(=O)c2ccccc2)[C@@H](OCc2ccccc2)[C@H]1O. The van der Waals surface area contributed by atoms with Gasteiger partial charge in [0.1, 0.15) is 31.0 Å². The zero-order chi connectivity index (χ0) is 44.8. The van der Waals surface area contributed by atoms with Crippen molar-refractivity contribution in [2.24, 2.45) is 0 Å². The van der Waals surface area contributed by atoms with Crippen molar-refractivity contribution in [3.8, 4) is 0 Å². The molecule has 14 heteroatoms. The van der Waals surface area contributed by atoms with Crippen LogP contribution in [0.3, 0.4) is 0 Å². The molecule has 2 aliphatic rings. The van der Waals surface area contributed by atoms with Gasteiger partial charge in [-0.2, -0.15) is 0 Å². The molecule has 0 spiro atoms. The lowest BCUT2D eigenvalue weighted by atomic mass is 9.96. The summed E-state index contributed by atoms with van der Waals surface area (Å²) in [6.07, 6.45) is -12.4. The van der Waals surface area contributed by atoms with E-state index in [0.29, 0.717) is 0 Å². The highest BCUT2D eigenvalue weighted by atomic mass is 16.8. The summed E-state index contributed by atoms with van der Waals surface area (Å²) < 4.78 is 56.0. The van der Waals surface area contributed by atoms with Crippen LogP contribution in [0, 0.1) is 0 Å². The number of ether oxygens (including phenoxy) is 9. The predicted molar refractivity (Wildman–Crippen MR) is 229 cm³/mol. The molecule has 5 aromatic rings. The minimum absolute atomic E-state index is 0.0359. The van der Waals surface area contributed by atoms with E-state index >= 15 is 0 Å². The smallest absolute Gasteiger partial charge is 0.338 e. The number of benzene rings is 5. The second kappa shape index (κ2) is 22.2. The first-order chi connectivity index (χ1) is 31.2. The van der Waals surface area contributed by atoms with Gasteiger partial charge in [-0.3, -0.25) is 0 Å². The molecule has 332 valence electrons. The third kappa shape index (κ3) is 11.5. The van der Waals surface area contributed by atoms with Crippen molar-refractivity contribution < 1.29 is 66.9 Å². The van der Waals surface area contributed by atoms with Crippen LogP contribution >= 0.6 is 0 Å². The van der Waals surface area contributed by atoms with E-state index in [2.05, 4.69) is 6.58 Å². The summed E-state index contributed by atoms with van der Waals surface area (Å²) in [6.45, 7) is 4.89. The maximum Gasteiger partial charge on any atom is 0.338 e. The number of rotatable bonds is 17. The molecular formula is C50H48O14. The van der Waals surface area contributed by atoms with Gasteiger partial charge in [-0.25, -0.2) is 19.2 Å².